The van der Waals surface area contributed by atoms with E-state index in [1.54, 1.807) is 0 Å². The van der Waals surface area contributed by atoms with Crippen molar-refractivity contribution in [2.24, 2.45) is 11.7 Å². The number of nitrogens with one attached hydrogen (secondary N) is 1. The maximum Gasteiger partial charge on any atom is 0.224 e. The highest BCUT2D eigenvalue weighted by molar-refractivity contribution is 5.79. The third kappa shape index (κ3) is 5.03. The smallest absolute Gasteiger partial charge is 0.224 e. The molecule has 0 radical (unpaired) electrons. The summed E-state index contributed by atoms with van der Waals surface area (Å²) >= 11 is 0. The Morgan fingerprint density at radius 1 is 1.26 bits per heavy atom. The van der Waals surface area contributed by atoms with Gasteiger partial charge >= 0.3 is 0 Å². The van der Waals surface area contributed by atoms with E-state index in [-0.39, 0.29) is 23.9 Å². The van der Waals surface area contributed by atoms with Crippen molar-refractivity contribution in [1.82, 2.24) is 5.32 Å². The Labute approximate surface area is 116 Å². The topological polar surface area (TPSA) is 55.1 Å². The lowest BCUT2D eigenvalue weighted by atomic mass is 9.94. The number of unbranched alkanes of at least 4 members (excludes halogenated alkanes) is 1. The summed E-state index contributed by atoms with van der Waals surface area (Å²) in [6, 6.07) is 9.75. The summed E-state index contributed by atoms with van der Waals surface area (Å²) in [5.41, 5.74) is 7.16. The minimum Gasteiger partial charge on any atom is -0.353 e. The first kappa shape index (κ1) is 15.7. The van der Waals surface area contributed by atoms with Crippen molar-refractivity contribution in [3.63, 3.8) is 0 Å². The minimum absolute atomic E-state index is 0.0416. The molecule has 3 unspecified atom stereocenters. The van der Waals surface area contributed by atoms with Crippen LogP contribution in [0.25, 0.3) is 0 Å². The Morgan fingerprint density at radius 2 is 1.89 bits per heavy atom. The summed E-state index contributed by atoms with van der Waals surface area (Å²) in [5, 5.41) is 3.05. The number of amides is 1. The maximum absolute atomic E-state index is 12.1. The number of hydrogen-bond acceptors (Lipinski definition) is 2. The zero-order chi connectivity index (χ0) is 14.3. The van der Waals surface area contributed by atoms with Crippen LogP contribution in [0.2, 0.25) is 0 Å². The maximum atomic E-state index is 12.1. The van der Waals surface area contributed by atoms with Gasteiger partial charge in [-0.15, -0.1) is 0 Å². The van der Waals surface area contributed by atoms with Gasteiger partial charge in [-0.2, -0.15) is 0 Å². The fourth-order valence-corrected chi connectivity index (χ4v) is 2.08. The van der Waals surface area contributed by atoms with Crippen molar-refractivity contribution >= 4 is 5.91 Å². The van der Waals surface area contributed by atoms with Crippen LogP contribution in [0.15, 0.2) is 30.3 Å². The lowest BCUT2D eigenvalue weighted by Crippen LogP contribution is -2.40. The SMILES string of the molecule is CCCCC(C)NC(=O)C(C)C(N)c1ccccc1. The number of nitrogens with two attached hydrogens (primary N) is 1. The Balaban J connectivity index is 2.52. The van der Waals surface area contributed by atoms with E-state index >= 15 is 0 Å². The highest BCUT2D eigenvalue weighted by Gasteiger charge is 2.22. The number of carbonyl (C=O) groups is 1. The van der Waals surface area contributed by atoms with Crippen LogP contribution < -0.4 is 11.1 Å². The van der Waals surface area contributed by atoms with E-state index in [4.69, 9.17) is 5.73 Å². The monoisotopic (exact) mass is 262 g/mol. The van der Waals surface area contributed by atoms with Crippen molar-refractivity contribution < 1.29 is 4.79 Å². The zero-order valence-corrected chi connectivity index (χ0v) is 12.2. The second-order valence-corrected chi connectivity index (χ2v) is 5.28. The Bertz CT molecular complexity index is 378. The number of benzene rings is 1. The highest BCUT2D eigenvalue weighted by Crippen LogP contribution is 2.19. The summed E-state index contributed by atoms with van der Waals surface area (Å²) < 4.78 is 0. The van der Waals surface area contributed by atoms with Crippen LogP contribution in [0.3, 0.4) is 0 Å². The van der Waals surface area contributed by atoms with Crippen LogP contribution in [0, 0.1) is 5.92 Å². The lowest BCUT2D eigenvalue weighted by molar-refractivity contribution is -0.125. The molecule has 0 bridgehead atoms. The molecule has 3 N–H and O–H groups in total. The molecule has 1 amide bonds. The molecule has 1 aromatic rings. The molecule has 0 saturated heterocycles. The molecule has 0 saturated carbocycles. The molecule has 106 valence electrons. The fourth-order valence-electron chi connectivity index (χ4n) is 2.08. The van der Waals surface area contributed by atoms with Crippen molar-refractivity contribution in [3.8, 4) is 0 Å². The summed E-state index contributed by atoms with van der Waals surface area (Å²) in [5.74, 6) is -0.175. The minimum atomic E-state index is -0.250. The summed E-state index contributed by atoms with van der Waals surface area (Å²) in [7, 11) is 0. The van der Waals surface area contributed by atoms with E-state index in [0.29, 0.717) is 0 Å². The lowest BCUT2D eigenvalue weighted by Gasteiger charge is -2.22. The van der Waals surface area contributed by atoms with E-state index in [1.165, 1.54) is 0 Å². The van der Waals surface area contributed by atoms with Gasteiger partial charge in [0.15, 0.2) is 0 Å². The van der Waals surface area contributed by atoms with Crippen molar-refractivity contribution in [3.05, 3.63) is 35.9 Å². The first-order chi connectivity index (χ1) is 9.06. The van der Waals surface area contributed by atoms with Gasteiger partial charge in [0.05, 0.1) is 5.92 Å². The molecular weight excluding hydrogens is 236 g/mol. The zero-order valence-electron chi connectivity index (χ0n) is 12.2. The second-order valence-electron chi connectivity index (χ2n) is 5.28. The molecule has 0 aromatic heterocycles. The Hall–Kier alpha value is -1.35. The first-order valence-corrected chi connectivity index (χ1v) is 7.17. The van der Waals surface area contributed by atoms with Gasteiger partial charge in [0.2, 0.25) is 5.91 Å². The van der Waals surface area contributed by atoms with Crippen molar-refractivity contribution in [1.29, 1.82) is 0 Å². The number of carbonyl (C=O) groups excluding carboxylic acids is 1. The third-order valence-electron chi connectivity index (χ3n) is 3.52. The van der Waals surface area contributed by atoms with Crippen LogP contribution in [-0.2, 0) is 4.79 Å². The Kier molecular flexibility index (Phi) is 6.57. The molecular formula is C16H26N2O. The van der Waals surface area contributed by atoms with Crippen LogP contribution in [0.5, 0.6) is 0 Å². The Morgan fingerprint density at radius 3 is 2.47 bits per heavy atom. The quantitative estimate of drug-likeness (QED) is 0.793. The average Bonchev–Trinajstić information content (AvgIpc) is 2.44. The molecule has 0 aliphatic heterocycles. The van der Waals surface area contributed by atoms with Crippen LogP contribution in [0.4, 0.5) is 0 Å². The predicted molar refractivity (Wildman–Crippen MR) is 79.7 cm³/mol. The van der Waals surface area contributed by atoms with E-state index < -0.39 is 0 Å². The van der Waals surface area contributed by atoms with Gasteiger partial charge < -0.3 is 11.1 Å². The second kappa shape index (κ2) is 7.95. The molecule has 0 aliphatic carbocycles. The average molecular weight is 262 g/mol. The van der Waals surface area contributed by atoms with Gasteiger partial charge in [-0.3, -0.25) is 4.79 Å². The molecule has 0 spiro atoms. The normalized spacial score (nSPS) is 15.6. The van der Waals surface area contributed by atoms with Crippen LogP contribution in [-0.4, -0.2) is 11.9 Å². The molecule has 1 rings (SSSR count). The number of hydrogen-bond donors (Lipinski definition) is 2. The standard InChI is InChI=1S/C16H26N2O/c1-4-5-9-12(2)18-16(19)13(3)15(17)14-10-7-6-8-11-14/h6-8,10-13,15H,4-5,9,17H2,1-3H3,(H,18,19). The van der Waals surface area contributed by atoms with Crippen LogP contribution in [0.1, 0.15) is 51.6 Å². The van der Waals surface area contributed by atoms with Crippen molar-refractivity contribution in [2.45, 2.75) is 52.1 Å². The molecule has 3 nitrogen and oxygen atoms in total. The number of rotatable bonds is 7. The molecule has 3 heteroatoms. The predicted octanol–water partition coefficient (Wildman–Crippen LogP) is 3.02. The fraction of sp³-hybridized carbons (Fsp3) is 0.562. The van der Waals surface area contributed by atoms with E-state index in [2.05, 4.69) is 12.2 Å². The molecule has 3 atom stereocenters. The molecule has 0 aliphatic rings. The molecule has 1 aromatic carbocycles. The van der Waals surface area contributed by atoms with E-state index in [9.17, 15) is 4.79 Å². The van der Waals surface area contributed by atoms with E-state index in [0.717, 1.165) is 24.8 Å². The molecule has 0 heterocycles. The van der Waals surface area contributed by atoms with Gasteiger partial charge in [-0.25, -0.2) is 0 Å². The largest absolute Gasteiger partial charge is 0.353 e. The van der Waals surface area contributed by atoms with Gasteiger partial charge in [-0.1, -0.05) is 57.0 Å². The highest BCUT2D eigenvalue weighted by atomic mass is 16.1. The van der Waals surface area contributed by atoms with Crippen LogP contribution >= 0.6 is 0 Å². The summed E-state index contributed by atoms with van der Waals surface area (Å²) in [6.07, 6.45) is 3.31. The molecule has 19 heavy (non-hydrogen) atoms. The van der Waals surface area contributed by atoms with E-state index in [1.807, 2.05) is 44.2 Å². The van der Waals surface area contributed by atoms with Gasteiger partial charge in [0.1, 0.15) is 0 Å². The van der Waals surface area contributed by atoms with Gasteiger partial charge in [-0.05, 0) is 18.9 Å². The first-order valence-electron chi connectivity index (χ1n) is 7.17. The summed E-state index contributed by atoms with van der Waals surface area (Å²) in [6.45, 7) is 6.09. The van der Waals surface area contributed by atoms with Gasteiger partial charge in [0.25, 0.3) is 0 Å². The third-order valence-corrected chi connectivity index (χ3v) is 3.52. The van der Waals surface area contributed by atoms with Gasteiger partial charge in [0, 0.05) is 12.1 Å². The summed E-state index contributed by atoms with van der Waals surface area (Å²) in [4.78, 5) is 12.1. The molecule has 0 fully saturated rings. The van der Waals surface area contributed by atoms with Crippen molar-refractivity contribution in [2.75, 3.05) is 0 Å².